The number of carbonyl (C=O) groups is 4. The molecular formula is C41H49N5O6. The average Bonchev–Trinajstić information content (AvgIpc) is 3.48. The Bertz CT molecular complexity index is 1870. The number of carbonyl (C=O) groups excluding carboxylic acids is 3. The van der Waals surface area contributed by atoms with Gasteiger partial charge in [-0.25, -0.2) is 14.6 Å². The number of pyridine rings is 1. The third-order valence-corrected chi connectivity index (χ3v) is 11.0. The summed E-state index contributed by atoms with van der Waals surface area (Å²) >= 11 is 0. The van der Waals surface area contributed by atoms with Crippen molar-refractivity contribution in [3.8, 4) is 11.3 Å². The Hall–Kier alpha value is -4.77. The molecule has 52 heavy (non-hydrogen) atoms. The van der Waals surface area contributed by atoms with Gasteiger partial charge in [-0.15, -0.1) is 0 Å². The number of nitrogens with zero attached hydrogens (tertiary/aromatic N) is 3. The van der Waals surface area contributed by atoms with Crippen LogP contribution in [-0.2, 0) is 25.7 Å². The zero-order valence-electron chi connectivity index (χ0n) is 30.2. The van der Waals surface area contributed by atoms with Crippen LogP contribution in [0.1, 0.15) is 64.9 Å². The monoisotopic (exact) mass is 707 g/mol. The number of amides is 3. The Balaban J connectivity index is 1.18. The van der Waals surface area contributed by atoms with E-state index in [9.17, 15) is 24.3 Å². The van der Waals surface area contributed by atoms with Gasteiger partial charge in [-0.2, -0.15) is 0 Å². The van der Waals surface area contributed by atoms with Crippen molar-refractivity contribution in [2.75, 3.05) is 19.6 Å². The van der Waals surface area contributed by atoms with Gasteiger partial charge in [0.2, 0.25) is 11.8 Å². The fourth-order valence-corrected chi connectivity index (χ4v) is 8.42. The van der Waals surface area contributed by atoms with Crippen LogP contribution in [0.25, 0.3) is 22.2 Å². The van der Waals surface area contributed by atoms with E-state index in [-0.39, 0.29) is 23.7 Å². The zero-order chi connectivity index (χ0) is 36.6. The van der Waals surface area contributed by atoms with E-state index >= 15 is 0 Å². The molecule has 2 saturated heterocycles. The van der Waals surface area contributed by atoms with Gasteiger partial charge in [0.05, 0.1) is 11.2 Å². The van der Waals surface area contributed by atoms with Crippen LogP contribution in [0.4, 0.5) is 4.79 Å². The summed E-state index contributed by atoms with van der Waals surface area (Å²) in [5.41, 5.74) is 1.82. The molecule has 4 aliphatic rings. The standard InChI is InChI=1S/C41H49N5O6/c1-40(2,3)52-39(51)43-33-19-11-6-4-5-10-16-29-21-41(29,38(49)50)44-36(47)35-31-25-45(23-28(31)24-46(35)37(33)48)22-27-20-34(26-14-8-7-9-15-26)42-32-18-13-12-17-30(27)32/h7-10,12-18,20,28-29,31,33,35H,4-6,11,19,21-25H2,1-3H3,(H,43,51)(H,44,47)(H,49,50)/b16-10-/t28-,29-,31-,33+,35-,41+/m0/s1. The molecule has 0 unspecified atom stereocenters. The maximum atomic E-state index is 14.5. The molecule has 1 aliphatic carbocycles. The Kier molecular flexibility index (Phi) is 9.82. The van der Waals surface area contributed by atoms with E-state index in [1.807, 2.05) is 48.6 Å². The first-order valence-corrected chi connectivity index (χ1v) is 18.6. The number of hydrogen-bond donors (Lipinski definition) is 3. The van der Waals surface area contributed by atoms with Gasteiger partial charge >= 0.3 is 12.1 Å². The maximum Gasteiger partial charge on any atom is 0.408 e. The molecule has 7 rings (SSSR count). The van der Waals surface area contributed by atoms with Gasteiger partial charge in [0.15, 0.2) is 0 Å². The normalized spacial score (nSPS) is 28.8. The summed E-state index contributed by atoms with van der Waals surface area (Å²) in [6.45, 7) is 7.49. The fraction of sp³-hybridized carbons (Fsp3) is 0.488. The molecule has 3 N–H and O–H groups in total. The highest BCUT2D eigenvalue weighted by molar-refractivity contribution is 5.96. The van der Waals surface area contributed by atoms with Crippen LogP contribution < -0.4 is 10.6 Å². The van der Waals surface area contributed by atoms with E-state index in [0.717, 1.165) is 47.0 Å². The lowest BCUT2D eigenvalue weighted by Crippen LogP contribution is -2.58. The minimum Gasteiger partial charge on any atom is -0.479 e. The molecule has 11 heteroatoms. The molecule has 1 saturated carbocycles. The first-order chi connectivity index (χ1) is 24.9. The molecule has 0 bridgehead atoms. The Labute approximate surface area is 304 Å². The maximum absolute atomic E-state index is 14.5. The number of ether oxygens (including phenoxy) is 1. The SMILES string of the molecule is CC(C)(C)OC(=O)N[C@@H]1CCCCC/C=C\[C@H]2C[C@@]2(C(=O)O)NC(=O)[C@@H]2[C@H]3CN(Cc4cc(-c5ccccc5)nc5ccccc45)C[C@H]3CN2C1=O. The van der Waals surface area contributed by atoms with E-state index < -0.39 is 41.2 Å². The van der Waals surface area contributed by atoms with Gasteiger partial charge in [0.25, 0.3) is 0 Å². The van der Waals surface area contributed by atoms with Crippen molar-refractivity contribution in [1.82, 2.24) is 25.4 Å². The van der Waals surface area contributed by atoms with Crippen LogP contribution in [0, 0.1) is 17.8 Å². The lowest BCUT2D eigenvalue weighted by molar-refractivity contribution is -0.146. The molecule has 2 aromatic carbocycles. The van der Waals surface area contributed by atoms with Gasteiger partial charge < -0.3 is 25.4 Å². The van der Waals surface area contributed by atoms with Crippen molar-refractivity contribution in [1.29, 1.82) is 0 Å². The number of allylic oxidation sites excluding steroid dienone is 1. The molecule has 6 atom stereocenters. The number of fused-ring (bicyclic) bond motifs is 5. The predicted octanol–water partition coefficient (Wildman–Crippen LogP) is 5.53. The van der Waals surface area contributed by atoms with Crippen LogP contribution in [-0.4, -0.2) is 86.6 Å². The average molecular weight is 708 g/mol. The number of alkyl carbamates (subject to hydrolysis) is 1. The number of rotatable bonds is 5. The first kappa shape index (κ1) is 35.6. The summed E-state index contributed by atoms with van der Waals surface area (Å²) in [5, 5.41) is 17.1. The van der Waals surface area contributed by atoms with E-state index in [0.29, 0.717) is 45.4 Å². The fourth-order valence-electron chi connectivity index (χ4n) is 8.42. The van der Waals surface area contributed by atoms with E-state index in [1.54, 1.807) is 25.7 Å². The quantitative estimate of drug-likeness (QED) is 0.294. The Morgan fingerprint density at radius 2 is 1.79 bits per heavy atom. The smallest absolute Gasteiger partial charge is 0.408 e. The summed E-state index contributed by atoms with van der Waals surface area (Å²) in [6.07, 6.45) is 7.16. The highest BCUT2D eigenvalue weighted by Gasteiger charge is 2.62. The largest absolute Gasteiger partial charge is 0.479 e. The van der Waals surface area contributed by atoms with Crippen molar-refractivity contribution in [2.24, 2.45) is 17.8 Å². The van der Waals surface area contributed by atoms with Crippen LogP contribution in [0.15, 0.2) is 72.8 Å². The molecule has 4 heterocycles. The minimum atomic E-state index is -1.39. The summed E-state index contributed by atoms with van der Waals surface area (Å²) in [6, 6.07) is 18.6. The van der Waals surface area contributed by atoms with Crippen LogP contribution in [0.2, 0.25) is 0 Å². The third-order valence-electron chi connectivity index (χ3n) is 11.0. The van der Waals surface area contributed by atoms with E-state index in [1.165, 1.54) is 0 Å². The second-order valence-corrected chi connectivity index (χ2v) is 15.9. The van der Waals surface area contributed by atoms with Crippen LogP contribution in [0.3, 0.4) is 0 Å². The van der Waals surface area contributed by atoms with Crippen LogP contribution in [0.5, 0.6) is 0 Å². The molecule has 3 aromatic rings. The molecular weight excluding hydrogens is 658 g/mol. The molecule has 3 amide bonds. The third kappa shape index (κ3) is 7.42. The topological polar surface area (TPSA) is 141 Å². The number of carboxylic acids is 1. The van der Waals surface area contributed by atoms with Crippen molar-refractivity contribution < 1.29 is 29.0 Å². The highest BCUT2D eigenvalue weighted by Crippen LogP contribution is 2.46. The zero-order valence-corrected chi connectivity index (χ0v) is 30.2. The second kappa shape index (κ2) is 14.3. The van der Waals surface area contributed by atoms with Crippen molar-refractivity contribution in [3.05, 3.63) is 78.4 Å². The van der Waals surface area contributed by atoms with Gasteiger partial charge in [-0.1, -0.05) is 73.5 Å². The molecule has 0 spiro atoms. The number of benzene rings is 2. The molecule has 3 fully saturated rings. The number of carboxylic acid groups (broad SMARTS) is 1. The van der Waals surface area contributed by atoms with Crippen LogP contribution >= 0.6 is 0 Å². The summed E-state index contributed by atoms with van der Waals surface area (Å²) < 4.78 is 5.53. The van der Waals surface area contributed by atoms with Gasteiger partial charge in [0.1, 0.15) is 23.2 Å². The van der Waals surface area contributed by atoms with Gasteiger partial charge in [-0.05, 0) is 70.1 Å². The summed E-state index contributed by atoms with van der Waals surface area (Å²) in [4.78, 5) is 63.3. The molecule has 3 aliphatic heterocycles. The molecule has 274 valence electrons. The lowest BCUT2D eigenvalue weighted by atomic mass is 9.93. The van der Waals surface area contributed by atoms with Gasteiger partial charge in [-0.3, -0.25) is 14.5 Å². The highest BCUT2D eigenvalue weighted by atomic mass is 16.6. The first-order valence-electron chi connectivity index (χ1n) is 18.6. The molecule has 11 nitrogen and oxygen atoms in total. The summed E-state index contributed by atoms with van der Waals surface area (Å²) in [5.74, 6) is -2.39. The van der Waals surface area contributed by atoms with E-state index in [2.05, 4.69) is 39.8 Å². The van der Waals surface area contributed by atoms with E-state index in [4.69, 9.17) is 9.72 Å². The number of nitrogens with one attached hydrogen (secondary N) is 2. The van der Waals surface area contributed by atoms with Crippen molar-refractivity contribution in [3.63, 3.8) is 0 Å². The Morgan fingerprint density at radius 1 is 1.02 bits per heavy atom. The minimum absolute atomic E-state index is 0.0156. The number of aliphatic carboxylic acids is 1. The molecule has 0 radical (unpaired) electrons. The lowest BCUT2D eigenvalue weighted by Gasteiger charge is -2.33. The van der Waals surface area contributed by atoms with Crippen molar-refractivity contribution in [2.45, 2.75) is 89.1 Å². The summed E-state index contributed by atoms with van der Waals surface area (Å²) in [7, 11) is 0. The number of para-hydroxylation sites is 1. The predicted molar refractivity (Wildman–Crippen MR) is 197 cm³/mol. The number of hydrogen-bond acceptors (Lipinski definition) is 7. The Morgan fingerprint density at radius 3 is 2.56 bits per heavy atom. The van der Waals surface area contributed by atoms with Crippen molar-refractivity contribution >= 4 is 34.8 Å². The molecule has 1 aromatic heterocycles. The number of likely N-dealkylation sites (tertiary alicyclic amines) is 1. The number of aromatic nitrogens is 1. The van der Waals surface area contributed by atoms with Gasteiger partial charge in [0, 0.05) is 49.0 Å². The second-order valence-electron chi connectivity index (χ2n) is 15.9.